The second-order valence-electron chi connectivity index (χ2n) is 5.19. The topological polar surface area (TPSA) is 35.6 Å². The summed E-state index contributed by atoms with van der Waals surface area (Å²) in [6, 6.07) is 0.369. The minimum absolute atomic E-state index is 0. The number of carbonyl (C=O) groups is 1. The van der Waals surface area contributed by atoms with E-state index in [2.05, 4.69) is 29.1 Å². The first kappa shape index (κ1) is 18.0. The van der Waals surface area contributed by atoms with Crippen molar-refractivity contribution in [3.8, 4) is 0 Å². The Balaban J connectivity index is 0.00000144. The monoisotopic (exact) mass is 297 g/mol. The van der Waals surface area contributed by atoms with E-state index in [0.29, 0.717) is 11.9 Å². The van der Waals surface area contributed by atoms with Crippen molar-refractivity contribution in [2.24, 2.45) is 5.92 Å². The van der Waals surface area contributed by atoms with Crippen molar-refractivity contribution >= 4 is 30.7 Å². The average Bonchev–Trinajstić information content (AvgIpc) is 2.29. The summed E-state index contributed by atoms with van der Waals surface area (Å²) in [4.78, 5) is 16.7. The lowest BCUT2D eigenvalue weighted by Gasteiger charge is -2.40. The average molecular weight is 298 g/mol. The molecule has 18 heavy (non-hydrogen) atoms. The zero-order valence-electron chi connectivity index (χ0n) is 11.2. The van der Waals surface area contributed by atoms with Crippen LogP contribution in [0.5, 0.6) is 0 Å². The van der Waals surface area contributed by atoms with Crippen LogP contribution in [0.15, 0.2) is 0 Å². The summed E-state index contributed by atoms with van der Waals surface area (Å²) in [6.45, 7) is 7.01. The molecule has 0 aromatic rings. The normalized spacial score (nSPS) is 29.1. The fourth-order valence-corrected chi connectivity index (χ4v) is 2.76. The molecule has 0 aliphatic carbocycles. The van der Waals surface area contributed by atoms with Gasteiger partial charge < -0.3 is 15.1 Å². The van der Waals surface area contributed by atoms with Crippen LogP contribution in [-0.2, 0) is 4.79 Å². The number of hydrogen-bond acceptors (Lipinski definition) is 3. The van der Waals surface area contributed by atoms with Crippen molar-refractivity contribution in [2.45, 2.75) is 25.8 Å². The van der Waals surface area contributed by atoms with Gasteiger partial charge in [0.15, 0.2) is 0 Å². The highest BCUT2D eigenvalue weighted by Crippen LogP contribution is 2.17. The Labute approximate surface area is 122 Å². The van der Waals surface area contributed by atoms with E-state index in [1.807, 2.05) is 0 Å². The second kappa shape index (κ2) is 8.20. The first-order valence-corrected chi connectivity index (χ1v) is 6.38. The molecule has 2 rings (SSSR count). The number of carbonyl (C=O) groups excluding carboxylic acids is 1. The van der Waals surface area contributed by atoms with Crippen LogP contribution in [0.4, 0.5) is 0 Å². The summed E-state index contributed by atoms with van der Waals surface area (Å²) in [7, 11) is 2.13. The number of piperazine rings is 1. The molecular weight excluding hydrogens is 273 g/mol. The van der Waals surface area contributed by atoms with Gasteiger partial charge in [-0.05, 0) is 33.4 Å². The highest BCUT2D eigenvalue weighted by Gasteiger charge is 2.31. The van der Waals surface area contributed by atoms with Gasteiger partial charge >= 0.3 is 0 Å². The maximum Gasteiger partial charge on any atom is 0.227 e. The van der Waals surface area contributed by atoms with Crippen molar-refractivity contribution < 1.29 is 4.79 Å². The SMILES string of the molecule is CC1CN(C)CCN1C(=O)C1CCCNC1.Cl.Cl. The van der Waals surface area contributed by atoms with E-state index in [0.717, 1.165) is 45.6 Å². The Morgan fingerprint density at radius 3 is 2.56 bits per heavy atom. The molecule has 1 N–H and O–H groups in total. The third kappa shape index (κ3) is 4.26. The number of halogens is 2. The molecule has 2 aliphatic heterocycles. The van der Waals surface area contributed by atoms with Crippen LogP contribution in [0.25, 0.3) is 0 Å². The van der Waals surface area contributed by atoms with Gasteiger partial charge in [-0.2, -0.15) is 0 Å². The molecule has 2 fully saturated rings. The summed E-state index contributed by atoms with van der Waals surface area (Å²) in [5, 5.41) is 3.32. The summed E-state index contributed by atoms with van der Waals surface area (Å²) >= 11 is 0. The molecule has 0 aromatic heterocycles. The maximum absolute atomic E-state index is 12.3. The van der Waals surface area contributed by atoms with Gasteiger partial charge in [-0.3, -0.25) is 4.79 Å². The van der Waals surface area contributed by atoms with Crippen LogP contribution < -0.4 is 5.32 Å². The van der Waals surface area contributed by atoms with Crippen LogP contribution in [0, 0.1) is 5.92 Å². The predicted octanol–water partition coefficient (Wildman–Crippen LogP) is 0.992. The van der Waals surface area contributed by atoms with Gasteiger partial charge in [0.05, 0.1) is 5.92 Å². The molecule has 6 heteroatoms. The number of amides is 1. The molecule has 108 valence electrons. The third-order valence-electron chi connectivity index (χ3n) is 3.76. The Bertz CT molecular complexity index is 260. The van der Waals surface area contributed by atoms with Gasteiger partial charge in [-0.1, -0.05) is 0 Å². The molecule has 0 saturated carbocycles. The second-order valence-corrected chi connectivity index (χ2v) is 5.19. The fraction of sp³-hybridized carbons (Fsp3) is 0.917. The molecule has 2 unspecified atom stereocenters. The molecule has 0 aromatic carbocycles. The van der Waals surface area contributed by atoms with Crippen molar-refractivity contribution in [3.63, 3.8) is 0 Å². The van der Waals surface area contributed by atoms with E-state index >= 15 is 0 Å². The largest absolute Gasteiger partial charge is 0.337 e. The molecule has 2 atom stereocenters. The molecule has 4 nitrogen and oxygen atoms in total. The van der Waals surface area contributed by atoms with E-state index < -0.39 is 0 Å². The minimum Gasteiger partial charge on any atom is -0.337 e. The summed E-state index contributed by atoms with van der Waals surface area (Å²) in [5.41, 5.74) is 0. The minimum atomic E-state index is 0. The number of nitrogens with zero attached hydrogens (tertiary/aromatic N) is 2. The number of nitrogens with one attached hydrogen (secondary N) is 1. The number of likely N-dealkylation sites (N-methyl/N-ethyl adjacent to an activating group) is 1. The standard InChI is InChI=1S/C12H23N3O.2ClH/c1-10-9-14(2)6-7-15(10)12(16)11-4-3-5-13-8-11;;/h10-11,13H,3-9H2,1-2H3;2*1H. The van der Waals surface area contributed by atoms with Crippen LogP contribution >= 0.6 is 24.8 Å². The van der Waals surface area contributed by atoms with Crippen LogP contribution in [0.1, 0.15) is 19.8 Å². The lowest BCUT2D eigenvalue weighted by atomic mass is 9.97. The molecule has 2 aliphatic rings. The number of rotatable bonds is 1. The van der Waals surface area contributed by atoms with Crippen molar-refractivity contribution in [2.75, 3.05) is 39.8 Å². The highest BCUT2D eigenvalue weighted by molar-refractivity contribution is 5.85. The molecule has 2 heterocycles. The number of piperidine rings is 1. The van der Waals surface area contributed by atoms with Crippen LogP contribution in [-0.4, -0.2) is 61.5 Å². The number of hydrogen-bond donors (Lipinski definition) is 1. The zero-order chi connectivity index (χ0) is 11.5. The summed E-state index contributed by atoms with van der Waals surface area (Å²) < 4.78 is 0. The summed E-state index contributed by atoms with van der Waals surface area (Å²) in [5.74, 6) is 0.590. The van der Waals surface area contributed by atoms with E-state index in [4.69, 9.17) is 0 Å². The van der Waals surface area contributed by atoms with Crippen molar-refractivity contribution in [3.05, 3.63) is 0 Å². The van der Waals surface area contributed by atoms with Gasteiger partial charge in [0.1, 0.15) is 0 Å². The Morgan fingerprint density at radius 1 is 1.28 bits per heavy atom. The quantitative estimate of drug-likeness (QED) is 0.784. The third-order valence-corrected chi connectivity index (χ3v) is 3.76. The van der Waals surface area contributed by atoms with Gasteiger partial charge in [0.25, 0.3) is 0 Å². The molecular formula is C12H25Cl2N3O. The van der Waals surface area contributed by atoms with Gasteiger partial charge in [-0.25, -0.2) is 0 Å². The smallest absolute Gasteiger partial charge is 0.227 e. The first-order chi connectivity index (χ1) is 7.68. The van der Waals surface area contributed by atoms with E-state index in [9.17, 15) is 4.79 Å². The van der Waals surface area contributed by atoms with Gasteiger partial charge in [0, 0.05) is 32.2 Å². The lowest BCUT2D eigenvalue weighted by molar-refractivity contribution is -0.140. The van der Waals surface area contributed by atoms with Crippen molar-refractivity contribution in [1.29, 1.82) is 0 Å². The van der Waals surface area contributed by atoms with E-state index in [-0.39, 0.29) is 30.7 Å². The molecule has 1 amide bonds. The fourth-order valence-electron chi connectivity index (χ4n) is 2.76. The van der Waals surface area contributed by atoms with Gasteiger partial charge in [-0.15, -0.1) is 24.8 Å². The molecule has 0 bridgehead atoms. The first-order valence-electron chi connectivity index (χ1n) is 6.38. The van der Waals surface area contributed by atoms with Crippen LogP contribution in [0.2, 0.25) is 0 Å². The maximum atomic E-state index is 12.3. The van der Waals surface area contributed by atoms with E-state index in [1.54, 1.807) is 0 Å². The lowest BCUT2D eigenvalue weighted by Crippen LogP contribution is -2.55. The van der Waals surface area contributed by atoms with Gasteiger partial charge in [0.2, 0.25) is 5.91 Å². The molecule has 2 saturated heterocycles. The Morgan fingerprint density at radius 2 is 2.00 bits per heavy atom. The molecule has 0 spiro atoms. The van der Waals surface area contributed by atoms with Crippen molar-refractivity contribution in [1.82, 2.24) is 15.1 Å². The Hall–Kier alpha value is -0.0300. The Kier molecular flexibility index (Phi) is 8.19. The van der Waals surface area contributed by atoms with E-state index in [1.165, 1.54) is 0 Å². The summed E-state index contributed by atoms with van der Waals surface area (Å²) in [6.07, 6.45) is 2.20. The highest BCUT2D eigenvalue weighted by atomic mass is 35.5. The molecule has 0 radical (unpaired) electrons. The van der Waals surface area contributed by atoms with Crippen LogP contribution in [0.3, 0.4) is 0 Å². The predicted molar refractivity (Wildman–Crippen MR) is 78.8 cm³/mol. The zero-order valence-corrected chi connectivity index (χ0v) is 12.9.